The van der Waals surface area contributed by atoms with Gasteiger partial charge in [0.25, 0.3) is 0 Å². The van der Waals surface area contributed by atoms with Gasteiger partial charge in [-0.3, -0.25) is 4.40 Å². The first-order valence-electron chi connectivity index (χ1n) is 9.15. The molecule has 1 aliphatic carbocycles. The summed E-state index contributed by atoms with van der Waals surface area (Å²) in [5.41, 5.74) is 4.81. The maximum atomic E-state index is 4.84. The molecule has 1 aliphatic heterocycles. The number of anilines is 1. The van der Waals surface area contributed by atoms with E-state index in [9.17, 15) is 0 Å². The number of aromatic nitrogens is 3. The highest BCUT2D eigenvalue weighted by Crippen LogP contribution is 2.31. The third-order valence-electron chi connectivity index (χ3n) is 5.40. The molecule has 0 saturated carbocycles. The SMILES string of the molecule is c1ccc2c(c1)nc1nc3c(c(NCCN4CCCC4)n12)CCC3. The number of fused-ring (bicyclic) bond motifs is 4. The monoisotopic (exact) mass is 321 g/mol. The van der Waals surface area contributed by atoms with Crippen LogP contribution >= 0.6 is 0 Å². The maximum Gasteiger partial charge on any atom is 0.236 e. The fourth-order valence-corrected chi connectivity index (χ4v) is 4.20. The molecule has 0 spiro atoms. The van der Waals surface area contributed by atoms with Gasteiger partial charge in [0.05, 0.1) is 16.7 Å². The van der Waals surface area contributed by atoms with Gasteiger partial charge < -0.3 is 10.2 Å². The molecule has 1 aromatic carbocycles. The summed E-state index contributed by atoms with van der Waals surface area (Å²) in [6.45, 7) is 4.60. The maximum absolute atomic E-state index is 4.84. The van der Waals surface area contributed by atoms with Crippen LogP contribution in [0.3, 0.4) is 0 Å². The predicted octanol–water partition coefficient (Wildman–Crippen LogP) is 2.88. The molecule has 1 N–H and O–H groups in total. The van der Waals surface area contributed by atoms with Gasteiger partial charge in [-0.15, -0.1) is 0 Å². The van der Waals surface area contributed by atoms with Crippen LogP contribution in [0.4, 0.5) is 5.82 Å². The topological polar surface area (TPSA) is 45.5 Å². The first kappa shape index (κ1) is 14.2. The summed E-state index contributed by atoms with van der Waals surface area (Å²) in [5.74, 6) is 2.06. The molecule has 5 heteroatoms. The molecule has 2 aromatic heterocycles. The normalized spacial score (nSPS) is 17.8. The van der Waals surface area contributed by atoms with Gasteiger partial charge in [-0.1, -0.05) is 12.1 Å². The van der Waals surface area contributed by atoms with Crippen molar-refractivity contribution in [1.82, 2.24) is 19.3 Å². The second-order valence-corrected chi connectivity index (χ2v) is 6.95. The zero-order valence-electron chi connectivity index (χ0n) is 14.0. The van der Waals surface area contributed by atoms with E-state index in [2.05, 4.69) is 32.8 Å². The van der Waals surface area contributed by atoms with Gasteiger partial charge in [-0.2, -0.15) is 0 Å². The number of likely N-dealkylation sites (tertiary alicyclic amines) is 1. The van der Waals surface area contributed by atoms with Gasteiger partial charge in [0.15, 0.2) is 0 Å². The van der Waals surface area contributed by atoms with E-state index in [1.165, 1.54) is 49.4 Å². The summed E-state index contributed by atoms with van der Waals surface area (Å²) >= 11 is 0. The van der Waals surface area contributed by atoms with Crippen molar-refractivity contribution in [3.05, 3.63) is 35.5 Å². The van der Waals surface area contributed by atoms with Gasteiger partial charge in [0.2, 0.25) is 5.78 Å². The number of nitrogens with zero attached hydrogens (tertiary/aromatic N) is 4. The molecule has 1 fully saturated rings. The number of hydrogen-bond donors (Lipinski definition) is 1. The van der Waals surface area contributed by atoms with Crippen LogP contribution in [-0.2, 0) is 12.8 Å². The van der Waals surface area contributed by atoms with Crippen LogP contribution in [0.5, 0.6) is 0 Å². The van der Waals surface area contributed by atoms with Gasteiger partial charge in [0.1, 0.15) is 5.82 Å². The molecular weight excluding hydrogens is 298 g/mol. The molecule has 3 aromatic rings. The number of nitrogens with one attached hydrogen (secondary N) is 1. The number of para-hydroxylation sites is 2. The van der Waals surface area contributed by atoms with Crippen molar-refractivity contribution in [1.29, 1.82) is 0 Å². The van der Waals surface area contributed by atoms with Gasteiger partial charge >= 0.3 is 0 Å². The molecule has 24 heavy (non-hydrogen) atoms. The summed E-state index contributed by atoms with van der Waals surface area (Å²) in [5, 5.41) is 3.73. The van der Waals surface area contributed by atoms with Crippen molar-refractivity contribution in [2.24, 2.45) is 0 Å². The Kier molecular flexibility index (Phi) is 3.40. The minimum Gasteiger partial charge on any atom is -0.370 e. The Hall–Kier alpha value is -2.14. The van der Waals surface area contributed by atoms with Crippen LogP contribution in [0.15, 0.2) is 24.3 Å². The third-order valence-corrected chi connectivity index (χ3v) is 5.40. The first-order chi connectivity index (χ1) is 11.9. The van der Waals surface area contributed by atoms with E-state index in [0.717, 1.165) is 42.7 Å². The molecule has 1 saturated heterocycles. The lowest BCUT2D eigenvalue weighted by molar-refractivity contribution is 0.352. The minimum absolute atomic E-state index is 0.834. The van der Waals surface area contributed by atoms with Crippen molar-refractivity contribution >= 4 is 22.6 Å². The number of hydrogen-bond acceptors (Lipinski definition) is 4. The molecule has 0 amide bonds. The van der Waals surface area contributed by atoms with Crippen molar-refractivity contribution in [3.8, 4) is 0 Å². The van der Waals surface area contributed by atoms with Gasteiger partial charge in [-0.05, 0) is 57.3 Å². The van der Waals surface area contributed by atoms with Crippen molar-refractivity contribution in [2.45, 2.75) is 32.1 Å². The summed E-state index contributed by atoms with van der Waals surface area (Å²) in [6.07, 6.45) is 6.10. The highest BCUT2D eigenvalue weighted by Gasteiger charge is 2.22. The number of rotatable bonds is 4. The smallest absolute Gasteiger partial charge is 0.236 e. The fraction of sp³-hybridized carbons (Fsp3) is 0.474. The molecule has 0 unspecified atom stereocenters. The second kappa shape index (κ2) is 5.74. The minimum atomic E-state index is 0.834. The Morgan fingerprint density at radius 3 is 2.79 bits per heavy atom. The van der Waals surface area contributed by atoms with E-state index < -0.39 is 0 Å². The van der Waals surface area contributed by atoms with Crippen LogP contribution in [0, 0.1) is 0 Å². The average molecular weight is 321 g/mol. The lowest BCUT2D eigenvalue weighted by atomic mass is 10.2. The van der Waals surface area contributed by atoms with Crippen LogP contribution in [0.25, 0.3) is 16.8 Å². The van der Waals surface area contributed by atoms with Gasteiger partial charge in [-0.25, -0.2) is 9.97 Å². The molecule has 0 atom stereocenters. The number of aryl methyl sites for hydroxylation is 1. The summed E-state index contributed by atoms with van der Waals surface area (Å²) < 4.78 is 2.23. The van der Waals surface area contributed by atoms with E-state index in [1.807, 2.05) is 6.07 Å². The van der Waals surface area contributed by atoms with Crippen molar-refractivity contribution < 1.29 is 0 Å². The summed E-state index contributed by atoms with van der Waals surface area (Å²) in [4.78, 5) is 12.1. The van der Waals surface area contributed by atoms with Crippen LogP contribution in [0.1, 0.15) is 30.5 Å². The standard InChI is InChI=1S/C19H23N5/c1-2-9-17-16(7-1)22-19-21-15-8-5-6-14(15)18(24(17)19)20-10-13-23-11-3-4-12-23/h1-2,7,9,20H,3-6,8,10-13H2. The van der Waals surface area contributed by atoms with E-state index >= 15 is 0 Å². The van der Waals surface area contributed by atoms with Crippen LogP contribution < -0.4 is 5.32 Å². The molecule has 2 aliphatic rings. The van der Waals surface area contributed by atoms with E-state index in [4.69, 9.17) is 9.97 Å². The summed E-state index contributed by atoms with van der Waals surface area (Å²) in [6, 6.07) is 8.34. The average Bonchev–Trinajstić information content (AvgIpc) is 3.33. The van der Waals surface area contributed by atoms with Crippen LogP contribution in [0.2, 0.25) is 0 Å². The van der Waals surface area contributed by atoms with E-state index in [-0.39, 0.29) is 0 Å². The number of imidazole rings is 1. The third kappa shape index (κ3) is 2.26. The lowest BCUT2D eigenvalue weighted by Gasteiger charge is -2.18. The summed E-state index contributed by atoms with van der Waals surface area (Å²) in [7, 11) is 0. The molecule has 5 nitrogen and oxygen atoms in total. The van der Waals surface area contributed by atoms with Crippen molar-refractivity contribution in [2.75, 3.05) is 31.5 Å². The van der Waals surface area contributed by atoms with E-state index in [1.54, 1.807) is 0 Å². The zero-order chi connectivity index (χ0) is 15.9. The number of benzene rings is 1. The van der Waals surface area contributed by atoms with Gasteiger partial charge in [0, 0.05) is 18.7 Å². The molecular formula is C19H23N5. The highest BCUT2D eigenvalue weighted by molar-refractivity contribution is 5.82. The largest absolute Gasteiger partial charge is 0.370 e. The molecule has 0 bridgehead atoms. The van der Waals surface area contributed by atoms with Crippen molar-refractivity contribution in [3.63, 3.8) is 0 Å². The highest BCUT2D eigenvalue weighted by atomic mass is 15.2. The Morgan fingerprint density at radius 1 is 1.00 bits per heavy atom. The second-order valence-electron chi connectivity index (χ2n) is 6.95. The van der Waals surface area contributed by atoms with Crippen LogP contribution in [-0.4, -0.2) is 45.4 Å². The fourth-order valence-electron chi connectivity index (χ4n) is 4.20. The lowest BCUT2D eigenvalue weighted by Crippen LogP contribution is -2.26. The Labute approximate surface area is 141 Å². The van der Waals surface area contributed by atoms with E-state index in [0.29, 0.717) is 0 Å². The quantitative estimate of drug-likeness (QED) is 0.802. The Bertz CT molecular complexity index is 892. The molecule has 3 heterocycles. The first-order valence-corrected chi connectivity index (χ1v) is 9.15. The zero-order valence-corrected chi connectivity index (χ0v) is 14.0. The Morgan fingerprint density at radius 2 is 1.88 bits per heavy atom. The Balaban J connectivity index is 1.56. The predicted molar refractivity (Wildman–Crippen MR) is 96.7 cm³/mol. The molecule has 0 radical (unpaired) electrons. The molecule has 124 valence electrons. The molecule has 5 rings (SSSR count).